The van der Waals surface area contributed by atoms with Crippen LogP contribution in [0.2, 0.25) is 0 Å². The van der Waals surface area contributed by atoms with Crippen molar-refractivity contribution in [1.29, 1.82) is 0 Å². The maximum atomic E-state index is 2.35. The van der Waals surface area contributed by atoms with Crippen molar-refractivity contribution >= 4 is 7.92 Å². The van der Waals surface area contributed by atoms with Crippen LogP contribution in [0.1, 0.15) is 58.8 Å². The van der Waals surface area contributed by atoms with Gasteiger partial charge in [0.25, 0.3) is 0 Å². The lowest BCUT2D eigenvalue weighted by Crippen LogP contribution is -2.13. The first-order chi connectivity index (χ1) is 6.38. The van der Waals surface area contributed by atoms with Crippen molar-refractivity contribution in [1.82, 2.24) is 0 Å². The Bertz CT molecular complexity index is 110. The fourth-order valence-corrected chi connectivity index (χ4v) is 5.70. The molecular weight excluding hydrogens is 175 g/mol. The Hall–Kier alpha value is 0.430. The first kappa shape index (κ1) is 11.5. The fourth-order valence-electron chi connectivity index (χ4n) is 2.50. The molecule has 0 spiro atoms. The summed E-state index contributed by atoms with van der Waals surface area (Å²) in [6.07, 6.45) is 13.6. The molecular formula is C12H25P. The van der Waals surface area contributed by atoms with E-state index in [4.69, 9.17) is 0 Å². The van der Waals surface area contributed by atoms with Gasteiger partial charge >= 0.3 is 0 Å². The summed E-state index contributed by atoms with van der Waals surface area (Å²) in [6.45, 7) is 4.71. The van der Waals surface area contributed by atoms with Crippen LogP contribution in [0.4, 0.5) is 0 Å². The molecule has 1 fully saturated rings. The zero-order valence-corrected chi connectivity index (χ0v) is 10.3. The van der Waals surface area contributed by atoms with Gasteiger partial charge in [0.1, 0.15) is 0 Å². The molecule has 78 valence electrons. The van der Waals surface area contributed by atoms with Gasteiger partial charge in [-0.25, -0.2) is 0 Å². The fraction of sp³-hybridized carbons (Fsp3) is 1.00. The molecule has 1 heteroatoms. The van der Waals surface area contributed by atoms with Gasteiger partial charge in [-0.2, -0.15) is 0 Å². The summed E-state index contributed by atoms with van der Waals surface area (Å²) >= 11 is 0. The van der Waals surface area contributed by atoms with Gasteiger partial charge < -0.3 is 0 Å². The lowest BCUT2D eigenvalue weighted by Gasteiger charge is -2.30. The van der Waals surface area contributed by atoms with E-state index in [1.54, 1.807) is 25.2 Å². The second-order valence-electron chi connectivity index (χ2n) is 4.33. The lowest BCUT2D eigenvalue weighted by molar-refractivity contribution is 0.510. The summed E-state index contributed by atoms with van der Waals surface area (Å²) in [7, 11) is 0.421. The Kier molecular flexibility index (Phi) is 6.04. The first-order valence-electron chi connectivity index (χ1n) is 6.12. The molecule has 0 atom stereocenters. The highest BCUT2D eigenvalue weighted by Gasteiger charge is 2.21. The summed E-state index contributed by atoms with van der Waals surface area (Å²) in [5.41, 5.74) is 1.16. The Morgan fingerprint density at radius 2 is 1.46 bits per heavy atom. The average molecular weight is 200 g/mol. The van der Waals surface area contributed by atoms with Crippen LogP contribution in [-0.4, -0.2) is 18.0 Å². The summed E-state index contributed by atoms with van der Waals surface area (Å²) < 4.78 is 0. The summed E-state index contributed by atoms with van der Waals surface area (Å²) in [4.78, 5) is 0. The standard InChI is InChI=1S/C12H25P/c1-3-10-13(11-4-2)12-8-6-5-7-9-12/h12H,3-11H2,1-2H3. The summed E-state index contributed by atoms with van der Waals surface area (Å²) in [6, 6.07) is 0. The van der Waals surface area contributed by atoms with E-state index in [1.807, 2.05) is 0 Å². The van der Waals surface area contributed by atoms with Gasteiger partial charge in [-0.05, 0) is 30.8 Å². The molecule has 0 aliphatic heterocycles. The van der Waals surface area contributed by atoms with Gasteiger partial charge in [0, 0.05) is 0 Å². The highest BCUT2D eigenvalue weighted by molar-refractivity contribution is 7.58. The van der Waals surface area contributed by atoms with Gasteiger partial charge in [0.15, 0.2) is 0 Å². The maximum Gasteiger partial charge on any atom is -0.0209 e. The molecule has 0 radical (unpaired) electrons. The van der Waals surface area contributed by atoms with E-state index in [2.05, 4.69) is 13.8 Å². The van der Waals surface area contributed by atoms with Crippen molar-refractivity contribution in [3.63, 3.8) is 0 Å². The third kappa shape index (κ3) is 3.98. The predicted octanol–water partition coefficient (Wildman–Crippen LogP) is 4.62. The van der Waals surface area contributed by atoms with E-state index < -0.39 is 0 Å². The molecule has 0 nitrogen and oxygen atoms in total. The van der Waals surface area contributed by atoms with Gasteiger partial charge in [-0.3, -0.25) is 0 Å². The molecule has 0 amide bonds. The number of hydrogen-bond donors (Lipinski definition) is 0. The summed E-state index contributed by atoms with van der Waals surface area (Å²) in [5.74, 6) is 0. The van der Waals surface area contributed by atoms with E-state index in [0.717, 1.165) is 5.66 Å². The van der Waals surface area contributed by atoms with Crippen LogP contribution < -0.4 is 0 Å². The first-order valence-corrected chi connectivity index (χ1v) is 7.90. The molecule has 0 bridgehead atoms. The van der Waals surface area contributed by atoms with E-state index in [-0.39, 0.29) is 0 Å². The van der Waals surface area contributed by atoms with E-state index in [0.29, 0.717) is 7.92 Å². The van der Waals surface area contributed by atoms with Crippen molar-refractivity contribution in [2.24, 2.45) is 0 Å². The van der Waals surface area contributed by atoms with E-state index in [1.165, 1.54) is 32.1 Å². The third-order valence-corrected chi connectivity index (χ3v) is 6.71. The second kappa shape index (κ2) is 6.82. The van der Waals surface area contributed by atoms with Gasteiger partial charge in [-0.15, -0.1) is 7.92 Å². The van der Waals surface area contributed by atoms with Crippen molar-refractivity contribution in [2.75, 3.05) is 12.3 Å². The zero-order chi connectivity index (χ0) is 9.52. The minimum Gasteiger partial charge on any atom is -0.104 e. The number of hydrogen-bond acceptors (Lipinski definition) is 0. The molecule has 1 saturated carbocycles. The average Bonchev–Trinajstić information content (AvgIpc) is 2.19. The smallest absolute Gasteiger partial charge is 0.0209 e. The van der Waals surface area contributed by atoms with Gasteiger partial charge in [0.2, 0.25) is 0 Å². The molecule has 0 N–H and O–H groups in total. The Balaban J connectivity index is 2.32. The van der Waals surface area contributed by atoms with Crippen LogP contribution in [-0.2, 0) is 0 Å². The Labute approximate surface area is 85.2 Å². The molecule has 13 heavy (non-hydrogen) atoms. The van der Waals surface area contributed by atoms with Crippen molar-refractivity contribution in [2.45, 2.75) is 64.5 Å². The number of rotatable bonds is 5. The van der Waals surface area contributed by atoms with Crippen LogP contribution in [0.5, 0.6) is 0 Å². The van der Waals surface area contributed by atoms with Crippen LogP contribution in [0.15, 0.2) is 0 Å². The second-order valence-corrected chi connectivity index (χ2v) is 7.13. The van der Waals surface area contributed by atoms with Crippen molar-refractivity contribution < 1.29 is 0 Å². The third-order valence-electron chi connectivity index (χ3n) is 3.11. The highest BCUT2D eigenvalue weighted by Crippen LogP contribution is 2.48. The van der Waals surface area contributed by atoms with Crippen LogP contribution in [0.3, 0.4) is 0 Å². The molecule has 0 aromatic carbocycles. The lowest BCUT2D eigenvalue weighted by atomic mass is 10.0. The van der Waals surface area contributed by atoms with Crippen LogP contribution in [0, 0.1) is 0 Å². The molecule has 0 heterocycles. The van der Waals surface area contributed by atoms with E-state index >= 15 is 0 Å². The van der Waals surface area contributed by atoms with Crippen LogP contribution >= 0.6 is 7.92 Å². The quantitative estimate of drug-likeness (QED) is 0.568. The molecule has 1 aliphatic carbocycles. The monoisotopic (exact) mass is 200 g/mol. The van der Waals surface area contributed by atoms with Crippen molar-refractivity contribution in [3.8, 4) is 0 Å². The highest BCUT2D eigenvalue weighted by atomic mass is 31.1. The molecule has 1 aliphatic rings. The SMILES string of the molecule is CCCP(CCC)C1CCCCC1. The molecule has 0 aromatic rings. The van der Waals surface area contributed by atoms with Gasteiger partial charge in [-0.1, -0.05) is 46.0 Å². The molecule has 0 aromatic heterocycles. The Morgan fingerprint density at radius 3 is 1.92 bits per heavy atom. The van der Waals surface area contributed by atoms with Crippen molar-refractivity contribution in [3.05, 3.63) is 0 Å². The zero-order valence-electron chi connectivity index (χ0n) is 9.39. The molecule has 0 unspecified atom stereocenters. The largest absolute Gasteiger partial charge is 0.104 e. The maximum absolute atomic E-state index is 2.35. The van der Waals surface area contributed by atoms with E-state index in [9.17, 15) is 0 Å². The summed E-state index contributed by atoms with van der Waals surface area (Å²) in [5, 5.41) is 0. The minimum absolute atomic E-state index is 0.421. The van der Waals surface area contributed by atoms with Crippen LogP contribution in [0.25, 0.3) is 0 Å². The normalized spacial score (nSPS) is 19.6. The predicted molar refractivity (Wildman–Crippen MR) is 64.1 cm³/mol. The topological polar surface area (TPSA) is 0 Å². The Morgan fingerprint density at radius 1 is 0.923 bits per heavy atom. The molecule has 0 saturated heterocycles. The molecule has 1 rings (SSSR count). The van der Waals surface area contributed by atoms with Gasteiger partial charge in [0.05, 0.1) is 0 Å². The minimum atomic E-state index is 0.421.